The van der Waals surface area contributed by atoms with Crippen LogP contribution in [0.3, 0.4) is 0 Å². The zero-order valence-electron chi connectivity index (χ0n) is 14.9. The molecule has 28 heavy (non-hydrogen) atoms. The molecule has 6 heteroatoms. The number of hydrogen-bond donors (Lipinski definition) is 2. The smallest absolute Gasteiger partial charge is 0.268 e. The maximum Gasteiger partial charge on any atom is 0.268 e. The summed E-state index contributed by atoms with van der Waals surface area (Å²) < 4.78 is 13.4. The predicted molar refractivity (Wildman–Crippen MR) is 107 cm³/mol. The Morgan fingerprint density at radius 1 is 0.929 bits per heavy atom. The minimum atomic E-state index is -0.736. The van der Waals surface area contributed by atoms with Crippen molar-refractivity contribution in [3.63, 3.8) is 0 Å². The number of hydrogen-bond acceptors (Lipinski definition) is 4. The molecule has 1 heterocycles. The summed E-state index contributed by atoms with van der Waals surface area (Å²) in [5, 5.41) is 10.0. The maximum atomic E-state index is 13.4. The van der Waals surface area contributed by atoms with E-state index in [2.05, 4.69) is 15.8 Å². The number of anilines is 3. The van der Waals surface area contributed by atoms with Gasteiger partial charge in [0.25, 0.3) is 5.91 Å². The topological polar surface area (TPSA) is 62.7 Å². The van der Waals surface area contributed by atoms with Gasteiger partial charge in [-0.3, -0.25) is 4.79 Å². The Kier molecular flexibility index (Phi) is 5.01. The largest absolute Gasteiger partial charge is 0.382 e. The molecule has 0 bridgehead atoms. The van der Waals surface area contributed by atoms with Crippen molar-refractivity contribution >= 4 is 28.7 Å². The molecule has 0 radical (unpaired) electrons. The lowest BCUT2D eigenvalue weighted by atomic mass is 10.0. The molecule has 1 amide bonds. The summed E-state index contributed by atoms with van der Waals surface area (Å²) in [4.78, 5) is 17.7. The van der Waals surface area contributed by atoms with E-state index in [1.54, 1.807) is 12.1 Å². The van der Waals surface area contributed by atoms with Crippen LogP contribution in [0, 0.1) is 5.82 Å². The zero-order chi connectivity index (χ0) is 19.3. The highest BCUT2D eigenvalue weighted by Gasteiger charge is 2.29. The Morgan fingerprint density at radius 3 is 2.39 bits per heavy atom. The fourth-order valence-corrected chi connectivity index (χ4v) is 2.90. The SMILES string of the molecule is O=C(Nc1ccc(Nc2ccccc2)cc1)C1CC(c2cccc(F)c2)=NO1. The van der Waals surface area contributed by atoms with Crippen molar-refractivity contribution < 1.29 is 14.0 Å². The average molecular weight is 375 g/mol. The van der Waals surface area contributed by atoms with Crippen molar-refractivity contribution in [2.45, 2.75) is 12.5 Å². The number of rotatable bonds is 5. The van der Waals surface area contributed by atoms with Crippen LogP contribution in [-0.4, -0.2) is 17.7 Å². The van der Waals surface area contributed by atoms with Crippen LogP contribution < -0.4 is 10.6 Å². The first-order chi connectivity index (χ1) is 13.7. The number of benzene rings is 3. The summed E-state index contributed by atoms with van der Waals surface area (Å²) in [5.74, 6) is -0.642. The van der Waals surface area contributed by atoms with E-state index in [9.17, 15) is 9.18 Å². The van der Waals surface area contributed by atoms with Gasteiger partial charge in [-0.1, -0.05) is 35.5 Å². The van der Waals surface area contributed by atoms with Crippen molar-refractivity contribution in [3.05, 3.63) is 90.2 Å². The van der Waals surface area contributed by atoms with Gasteiger partial charge in [-0.2, -0.15) is 0 Å². The predicted octanol–water partition coefficient (Wildman–Crippen LogP) is 4.70. The highest BCUT2D eigenvalue weighted by molar-refractivity contribution is 6.06. The zero-order valence-corrected chi connectivity index (χ0v) is 14.9. The maximum absolute atomic E-state index is 13.4. The Morgan fingerprint density at radius 2 is 1.64 bits per heavy atom. The van der Waals surface area contributed by atoms with Gasteiger partial charge in [-0.05, 0) is 48.5 Å². The summed E-state index contributed by atoms with van der Waals surface area (Å²) in [6.45, 7) is 0. The normalized spacial score (nSPS) is 15.5. The van der Waals surface area contributed by atoms with Gasteiger partial charge < -0.3 is 15.5 Å². The van der Waals surface area contributed by atoms with E-state index in [0.29, 0.717) is 23.4 Å². The lowest BCUT2D eigenvalue weighted by molar-refractivity contribution is -0.125. The first kappa shape index (κ1) is 17.7. The number of amides is 1. The Labute approximate surface area is 161 Å². The van der Waals surface area contributed by atoms with Gasteiger partial charge in [0.2, 0.25) is 6.10 Å². The average Bonchev–Trinajstić information content (AvgIpc) is 3.21. The monoisotopic (exact) mass is 375 g/mol. The summed E-state index contributed by atoms with van der Waals surface area (Å²) in [7, 11) is 0. The molecule has 5 nitrogen and oxygen atoms in total. The Bertz CT molecular complexity index is 1000. The first-order valence-electron chi connectivity index (χ1n) is 8.89. The third kappa shape index (κ3) is 4.17. The van der Waals surface area contributed by atoms with Gasteiger partial charge in [0.15, 0.2) is 0 Å². The number of carbonyl (C=O) groups excluding carboxylic acids is 1. The minimum absolute atomic E-state index is 0.293. The summed E-state index contributed by atoms with van der Waals surface area (Å²) in [6, 6.07) is 23.3. The van der Waals surface area contributed by atoms with Crippen molar-refractivity contribution in [1.82, 2.24) is 0 Å². The van der Waals surface area contributed by atoms with Gasteiger partial charge in [0.1, 0.15) is 5.82 Å². The number of para-hydroxylation sites is 1. The first-order valence-corrected chi connectivity index (χ1v) is 8.89. The van der Waals surface area contributed by atoms with E-state index in [4.69, 9.17) is 4.84 Å². The van der Waals surface area contributed by atoms with Crippen LogP contribution in [-0.2, 0) is 9.63 Å². The van der Waals surface area contributed by atoms with Gasteiger partial charge in [0, 0.05) is 29.0 Å². The fourth-order valence-electron chi connectivity index (χ4n) is 2.90. The molecule has 0 saturated heterocycles. The van der Waals surface area contributed by atoms with Crippen LogP contribution in [0.4, 0.5) is 21.5 Å². The lowest BCUT2D eigenvalue weighted by Crippen LogP contribution is -2.28. The third-order valence-corrected chi connectivity index (χ3v) is 4.33. The van der Waals surface area contributed by atoms with Gasteiger partial charge >= 0.3 is 0 Å². The second-order valence-corrected chi connectivity index (χ2v) is 6.40. The van der Waals surface area contributed by atoms with Crippen LogP contribution in [0.5, 0.6) is 0 Å². The molecule has 3 aromatic rings. The molecule has 0 aromatic heterocycles. The third-order valence-electron chi connectivity index (χ3n) is 4.33. The van der Waals surface area contributed by atoms with Crippen molar-refractivity contribution in [1.29, 1.82) is 0 Å². The molecule has 1 unspecified atom stereocenters. The van der Waals surface area contributed by atoms with E-state index < -0.39 is 6.10 Å². The van der Waals surface area contributed by atoms with Crippen molar-refractivity contribution in [2.24, 2.45) is 5.16 Å². The highest BCUT2D eigenvalue weighted by Crippen LogP contribution is 2.21. The van der Waals surface area contributed by atoms with E-state index in [1.165, 1.54) is 12.1 Å². The fraction of sp³-hybridized carbons (Fsp3) is 0.0909. The van der Waals surface area contributed by atoms with Gasteiger partial charge in [-0.25, -0.2) is 4.39 Å². The molecule has 4 rings (SSSR count). The molecular formula is C22H18FN3O2. The van der Waals surface area contributed by atoms with Crippen LogP contribution in [0.25, 0.3) is 0 Å². The van der Waals surface area contributed by atoms with Crippen molar-refractivity contribution in [3.8, 4) is 0 Å². The molecule has 3 aromatic carbocycles. The number of nitrogens with one attached hydrogen (secondary N) is 2. The molecule has 1 aliphatic rings. The molecule has 2 N–H and O–H groups in total. The summed E-state index contributed by atoms with van der Waals surface area (Å²) in [5.41, 5.74) is 3.74. The molecule has 1 atom stereocenters. The summed E-state index contributed by atoms with van der Waals surface area (Å²) >= 11 is 0. The molecular weight excluding hydrogens is 357 g/mol. The van der Waals surface area contributed by atoms with E-state index >= 15 is 0 Å². The van der Waals surface area contributed by atoms with Crippen molar-refractivity contribution in [2.75, 3.05) is 10.6 Å². The number of carbonyl (C=O) groups is 1. The molecule has 0 aliphatic carbocycles. The number of nitrogens with zero attached hydrogens (tertiary/aromatic N) is 1. The second-order valence-electron chi connectivity index (χ2n) is 6.40. The second kappa shape index (κ2) is 7.92. The van der Waals surface area contributed by atoms with Crippen LogP contribution >= 0.6 is 0 Å². The van der Waals surface area contributed by atoms with E-state index in [1.807, 2.05) is 54.6 Å². The molecule has 1 aliphatic heterocycles. The highest BCUT2D eigenvalue weighted by atomic mass is 19.1. The van der Waals surface area contributed by atoms with Gasteiger partial charge in [-0.15, -0.1) is 0 Å². The summed E-state index contributed by atoms with van der Waals surface area (Å²) in [6.07, 6.45) is -0.441. The van der Waals surface area contributed by atoms with E-state index in [-0.39, 0.29) is 11.7 Å². The number of oxime groups is 1. The molecule has 0 saturated carbocycles. The van der Waals surface area contributed by atoms with E-state index in [0.717, 1.165) is 11.4 Å². The quantitative estimate of drug-likeness (QED) is 0.679. The Hall–Kier alpha value is -3.67. The van der Waals surface area contributed by atoms with Crippen LogP contribution in [0.2, 0.25) is 0 Å². The van der Waals surface area contributed by atoms with Crippen LogP contribution in [0.15, 0.2) is 84.0 Å². The van der Waals surface area contributed by atoms with Gasteiger partial charge in [0.05, 0.1) is 5.71 Å². The molecule has 0 spiro atoms. The minimum Gasteiger partial charge on any atom is -0.382 e. The van der Waals surface area contributed by atoms with Crippen LogP contribution in [0.1, 0.15) is 12.0 Å². The lowest BCUT2D eigenvalue weighted by Gasteiger charge is -2.11. The molecule has 0 fully saturated rings. The number of halogens is 1. The molecule has 140 valence electrons. The standard InChI is InChI=1S/C22H18FN3O2/c23-16-6-4-5-15(13-16)20-14-21(28-26-20)22(27)25-19-11-9-18(10-12-19)24-17-7-2-1-3-8-17/h1-13,21,24H,14H2,(H,25,27). The Balaban J connectivity index is 1.34.